The normalized spacial score (nSPS) is 12.8. The van der Waals surface area contributed by atoms with Gasteiger partial charge in [-0.15, -0.1) is 0 Å². The zero-order valence-electron chi connectivity index (χ0n) is 8.25. The number of hydrogen-bond donors (Lipinski definition) is 2. The largest absolute Gasteiger partial charge is 0.508 e. The van der Waals surface area contributed by atoms with Crippen molar-refractivity contribution in [2.24, 2.45) is 5.73 Å². The lowest BCUT2D eigenvalue weighted by atomic mass is 10.0. The lowest BCUT2D eigenvalue weighted by Gasteiger charge is -2.08. The highest BCUT2D eigenvalue weighted by molar-refractivity contribution is 5.34. The van der Waals surface area contributed by atoms with Crippen molar-refractivity contribution in [2.75, 3.05) is 0 Å². The SMILES string of the molecule is Cc1ccc(O)cc1CC[C@H](C)N. The third-order valence-corrected chi connectivity index (χ3v) is 2.20. The first kappa shape index (κ1) is 10.1. The summed E-state index contributed by atoms with van der Waals surface area (Å²) in [5.74, 6) is 0.338. The van der Waals surface area contributed by atoms with E-state index in [1.165, 1.54) is 11.1 Å². The van der Waals surface area contributed by atoms with Gasteiger partial charge in [0.2, 0.25) is 0 Å². The average Bonchev–Trinajstić information content (AvgIpc) is 2.06. The summed E-state index contributed by atoms with van der Waals surface area (Å²) in [6.07, 6.45) is 1.90. The Kier molecular flexibility index (Phi) is 3.32. The Morgan fingerprint density at radius 1 is 1.46 bits per heavy atom. The molecule has 0 saturated carbocycles. The topological polar surface area (TPSA) is 46.2 Å². The van der Waals surface area contributed by atoms with Crippen molar-refractivity contribution < 1.29 is 5.11 Å². The van der Waals surface area contributed by atoms with E-state index in [2.05, 4.69) is 6.92 Å². The van der Waals surface area contributed by atoms with Crippen LogP contribution in [0.4, 0.5) is 0 Å². The van der Waals surface area contributed by atoms with Crippen LogP contribution in [0.5, 0.6) is 5.75 Å². The number of phenols is 1. The van der Waals surface area contributed by atoms with Crippen LogP contribution in [0.3, 0.4) is 0 Å². The van der Waals surface area contributed by atoms with E-state index < -0.39 is 0 Å². The summed E-state index contributed by atoms with van der Waals surface area (Å²) in [7, 11) is 0. The molecule has 0 unspecified atom stereocenters. The Balaban J connectivity index is 2.70. The van der Waals surface area contributed by atoms with Gasteiger partial charge in [-0.3, -0.25) is 0 Å². The quantitative estimate of drug-likeness (QED) is 0.745. The van der Waals surface area contributed by atoms with Gasteiger partial charge in [0.1, 0.15) is 5.75 Å². The van der Waals surface area contributed by atoms with Crippen LogP contribution in [-0.4, -0.2) is 11.1 Å². The van der Waals surface area contributed by atoms with Gasteiger partial charge in [-0.1, -0.05) is 6.07 Å². The molecule has 0 aliphatic rings. The molecule has 1 rings (SSSR count). The molecule has 1 atom stereocenters. The van der Waals surface area contributed by atoms with E-state index >= 15 is 0 Å². The highest BCUT2D eigenvalue weighted by Gasteiger charge is 2.01. The minimum Gasteiger partial charge on any atom is -0.508 e. The molecule has 1 aromatic carbocycles. The fourth-order valence-electron chi connectivity index (χ4n) is 1.31. The van der Waals surface area contributed by atoms with Gasteiger partial charge < -0.3 is 10.8 Å². The Morgan fingerprint density at radius 3 is 2.77 bits per heavy atom. The molecule has 13 heavy (non-hydrogen) atoms. The molecule has 2 heteroatoms. The summed E-state index contributed by atoms with van der Waals surface area (Å²) >= 11 is 0. The monoisotopic (exact) mass is 179 g/mol. The molecule has 72 valence electrons. The molecule has 2 nitrogen and oxygen atoms in total. The first-order valence-electron chi connectivity index (χ1n) is 4.63. The smallest absolute Gasteiger partial charge is 0.115 e. The third kappa shape index (κ3) is 3.07. The van der Waals surface area contributed by atoms with Gasteiger partial charge in [0.25, 0.3) is 0 Å². The summed E-state index contributed by atoms with van der Waals surface area (Å²) in [4.78, 5) is 0. The van der Waals surface area contributed by atoms with Crippen LogP contribution in [0.2, 0.25) is 0 Å². The predicted octanol–water partition coefficient (Wildman–Crippen LogP) is 1.98. The highest BCUT2D eigenvalue weighted by Crippen LogP contribution is 2.17. The number of hydrogen-bond acceptors (Lipinski definition) is 2. The van der Waals surface area contributed by atoms with E-state index in [4.69, 9.17) is 5.73 Å². The van der Waals surface area contributed by atoms with E-state index in [1.807, 2.05) is 19.1 Å². The number of aromatic hydroxyl groups is 1. The molecular formula is C11H17NO. The molecule has 0 saturated heterocycles. The molecule has 0 heterocycles. The Labute approximate surface area is 79.4 Å². The first-order chi connectivity index (χ1) is 6.09. The van der Waals surface area contributed by atoms with Crippen molar-refractivity contribution in [3.05, 3.63) is 29.3 Å². The number of aryl methyl sites for hydroxylation is 2. The van der Waals surface area contributed by atoms with Crippen molar-refractivity contribution in [3.8, 4) is 5.75 Å². The van der Waals surface area contributed by atoms with Gasteiger partial charge in [0.05, 0.1) is 0 Å². The van der Waals surface area contributed by atoms with Crippen molar-refractivity contribution in [3.63, 3.8) is 0 Å². The number of phenolic OH excluding ortho intramolecular Hbond substituents is 1. The molecule has 0 aromatic heterocycles. The van der Waals surface area contributed by atoms with Gasteiger partial charge in [-0.05, 0) is 49.9 Å². The molecular weight excluding hydrogens is 162 g/mol. The molecule has 3 N–H and O–H groups in total. The molecule has 0 bridgehead atoms. The second-order valence-electron chi connectivity index (χ2n) is 3.63. The van der Waals surface area contributed by atoms with Crippen LogP contribution in [-0.2, 0) is 6.42 Å². The van der Waals surface area contributed by atoms with Crippen LogP contribution in [0.15, 0.2) is 18.2 Å². The van der Waals surface area contributed by atoms with Gasteiger partial charge in [-0.25, -0.2) is 0 Å². The highest BCUT2D eigenvalue weighted by atomic mass is 16.3. The Bertz CT molecular complexity index is 281. The number of benzene rings is 1. The van der Waals surface area contributed by atoms with Crippen molar-refractivity contribution in [1.82, 2.24) is 0 Å². The van der Waals surface area contributed by atoms with Crippen LogP contribution in [0, 0.1) is 6.92 Å². The van der Waals surface area contributed by atoms with Crippen LogP contribution < -0.4 is 5.73 Å². The molecule has 1 aromatic rings. The zero-order chi connectivity index (χ0) is 9.84. The molecule has 0 aliphatic heterocycles. The molecule has 0 fully saturated rings. The van der Waals surface area contributed by atoms with Gasteiger partial charge in [-0.2, -0.15) is 0 Å². The lowest BCUT2D eigenvalue weighted by molar-refractivity contribution is 0.474. The second-order valence-corrected chi connectivity index (χ2v) is 3.63. The number of nitrogens with two attached hydrogens (primary N) is 1. The fourth-order valence-corrected chi connectivity index (χ4v) is 1.31. The number of rotatable bonds is 3. The van der Waals surface area contributed by atoms with Crippen molar-refractivity contribution in [1.29, 1.82) is 0 Å². The van der Waals surface area contributed by atoms with E-state index in [0.717, 1.165) is 12.8 Å². The summed E-state index contributed by atoms with van der Waals surface area (Å²) < 4.78 is 0. The Morgan fingerprint density at radius 2 is 2.15 bits per heavy atom. The van der Waals surface area contributed by atoms with Gasteiger partial charge >= 0.3 is 0 Å². The lowest BCUT2D eigenvalue weighted by Crippen LogP contribution is -2.15. The third-order valence-electron chi connectivity index (χ3n) is 2.20. The molecule has 0 spiro atoms. The second kappa shape index (κ2) is 4.28. The maximum absolute atomic E-state index is 9.27. The summed E-state index contributed by atoms with van der Waals surface area (Å²) in [6, 6.07) is 5.69. The van der Waals surface area contributed by atoms with Gasteiger partial charge in [0, 0.05) is 6.04 Å². The summed E-state index contributed by atoms with van der Waals surface area (Å²) in [6.45, 7) is 4.05. The summed E-state index contributed by atoms with van der Waals surface area (Å²) in [5.41, 5.74) is 8.08. The maximum atomic E-state index is 9.27. The fraction of sp³-hybridized carbons (Fsp3) is 0.455. The van der Waals surface area contributed by atoms with Crippen LogP contribution >= 0.6 is 0 Å². The van der Waals surface area contributed by atoms with Crippen LogP contribution in [0.25, 0.3) is 0 Å². The Hall–Kier alpha value is -1.02. The molecule has 0 amide bonds. The van der Waals surface area contributed by atoms with Crippen LogP contribution in [0.1, 0.15) is 24.5 Å². The van der Waals surface area contributed by atoms with E-state index in [9.17, 15) is 5.11 Å². The molecule has 0 aliphatic carbocycles. The summed E-state index contributed by atoms with van der Waals surface area (Å²) in [5, 5.41) is 9.27. The van der Waals surface area contributed by atoms with Gasteiger partial charge in [0.15, 0.2) is 0 Å². The van der Waals surface area contributed by atoms with Crippen molar-refractivity contribution >= 4 is 0 Å². The first-order valence-corrected chi connectivity index (χ1v) is 4.63. The van der Waals surface area contributed by atoms with E-state index in [-0.39, 0.29) is 6.04 Å². The zero-order valence-corrected chi connectivity index (χ0v) is 8.25. The average molecular weight is 179 g/mol. The minimum absolute atomic E-state index is 0.224. The van der Waals surface area contributed by atoms with E-state index in [0.29, 0.717) is 5.75 Å². The van der Waals surface area contributed by atoms with Crippen molar-refractivity contribution in [2.45, 2.75) is 32.7 Å². The minimum atomic E-state index is 0.224. The predicted molar refractivity (Wildman–Crippen MR) is 54.8 cm³/mol. The molecule has 0 radical (unpaired) electrons. The van der Waals surface area contributed by atoms with E-state index in [1.54, 1.807) is 6.07 Å². The maximum Gasteiger partial charge on any atom is 0.115 e. The standard InChI is InChI=1S/C11H17NO/c1-8-3-6-11(13)7-10(8)5-4-9(2)12/h3,6-7,9,13H,4-5,12H2,1-2H3/t9-/m0/s1.